The van der Waals surface area contributed by atoms with Crippen molar-refractivity contribution in [2.75, 3.05) is 0 Å². The first-order chi connectivity index (χ1) is 6.16. The maximum absolute atomic E-state index is 10.0. The molecule has 0 aromatic heterocycles. The third-order valence-electron chi connectivity index (χ3n) is 2.77. The van der Waals surface area contributed by atoms with Crippen LogP contribution in [-0.2, 0) is 4.74 Å². The van der Waals surface area contributed by atoms with Gasteiger partial charge in [0.1, 0.15) is 0 Å². The molecule has 13 heavy (non-hydrogen) atoms. The predicted octanol–water partition coefficient (Wildman–Crippen LogP) is 2.84. The van der Waals surface area contributed by atoms with Gasteiger partial charge < -0.3 is 9.84 Å². The zero-order valence-corrected chi connectivity index (χ0v) is 8.88. The molecule has 0 bridgehead atoms. The minimum absolute atomic E-state index is 0.236. The molecule has 1 aliphatic heterocycles. The number of unbranched alkanes of at least 4 members (excludes halogenated alkanes) is 2. The first kappa shape index (κ1) is 11.0. The predicted molar refractivity (Wildman–Crippen MR) is 53.5 cm³/mol. The highest BCUT2D eigenvalue weighted by molar-refractivity contribution is 4.74. The summed E-state index contributed by atoms with van der Waals surface area (Å²) in [6, 6.07) is 0. The quantitative estimate of drug-likeness (QED) is 0.684. The fourth-order valence-corrected chi connectivity index (χ4v) is 1.99. The maximum Gasteiger partial charge on any atom is 0.165 e. The number of ether oxygens (including phenoxy) is 1. The zero-order valence-electron chi connectivity index (χ0n) is 8.88. The van der Waals surface area contributed by atoms with E-state index in [9.17, 15) is 5.11 Å². The molecule has 1 saturated heterocycles. The van der Waals surface area contributed by atoms with E-state index in [1.165, 1.54) is 12.8 Å². The van der Waals surface area contributed by atoms with Crippen molar-refractivity contribution < 1.29 is 9.84 Å². The van der Waals surface area contributed by atoms with Crippen LogP contribution in [0.3, 0.4) is 0 Å². The van der Waals surface area contributed by atoms with Crippen LogP contribution in [0.15, 0.2) is 0 Å². The normalized spacial score (nSPS) is 34.8. The minimum atomic E-state index is -0.799. The Hall–Kier alpha value is -0.0800. The van der Waals surface area contributed by atoms with Gasteiger partial charge in [-0.25, -0.2) is 0 Å². The summed E-state index contributed by atoms with van der Waals surface area (Å²) < 4.78 is 5.58. The lowest BCUT2D eigenvalue weighted by Crippen LogP contribution is -2.39. The van der Waals surface area contributed by atoms with Crippen molar-refractivity contribution in [2.45, 2.75) is 70.7 Å². The van der Waals surface area contributed by atoms with Crippen LogP contribution >= 0.6 is 0 Å². The van der Waals surface area contributed by atoms with E-state index in [1.54, 1.807) is 0 Å². The third kappa shape index (κ3) is 3.65. The fourth-order valence-electron chi connectivity index (χ4n) is 1.99. The number of rotatable bonds is 4. The van der Waals surface area contributed by atoms with Crippen molar-refractivity contribution >= 4 is 0 Å². The van der Waals surface area contributed by atoms with Gasteiger partial charge in [-0.15, -0.1) is 0 Å². The van der Waals surface area contributed by atoms with Gasteiger partial charge in [0.25, 0.3) is 0 Å². The average molecular weight is 186 g/mol. The van der Waals surface area contributed by atoms with Crippen molar-refractivity contribution in [3.05, 3.63) is 0 Å². The lowest BCUT2D eigenvalue weighted by Gasteiger charge is -2.36. The van der Waals surface area contributed by atoms with E-state index >= 15 is 0 Å². The van der Waals surface area contributed by atoms with E-state index in [-0.39, 0.29) is 6.10 Å². The minimum Gasteiger partial charge on any atom is -0.365 e. The Bertz CT molecular complexity index is 147. The van der Waals surface area contributed by atoms with Gasteiger partial charge in [0.15, 0.2) is 5.79 Å². The number of aliphatic hydroxyl groups is 1. The Morgan fingerprint density at radius 3 is 2.85 bits per heavy atom. The molecule has 0 amide bonds. The second kappa shape index (κ2) is 4.97. The molecule has 1 aliphatic rings. The van der Waals surface area contributed by atoms with Gasteiger partial charge in [0, 0.05) is 12.8 Å². The molecule has 0 radical (unpaired) electrons. The average Bonchev–Trinajstić information content (AvgIpc) is 2.04. The van der Waals surface area contributed by atoms with Crippen LogP contribution in [0.25, 0.3) is 0 Å². The Kier molecular flexibility index (Phi) is 4.20. The molecular formula is C11H22O2. The van der Waals surface area contributed by atoms with Crippen LogP contribution in [0.4, 0.5) is 0 Å². The molecule has 78 valence electrons. The lowest BCUT2D eigenvalue weighted by molar-refractivity contribution is -0.253. The topological polar surface area (TPSA) is 29.5 Å². The highest BCUT2D eigenvalue weighted by atomic mass is 16.6. The van der Waals surface area contributed by atoms with Crippen LogP contribution in [-0.4, -0.2) is 17.0 Å². The molecular weight excluding hydrogens is 164 g/mol. The summed E-state index contributed by atoms with van der Waals surface area (Å²) >= 11 is 0. The smallest absolute Gasteiger partial charge is 0.165 e. The van der Waals surface area contributed by atoms with Crippen LogP contribution in [0.1, 0.15) is 58.8 Å². The molecule has 1 rings (SSSR count). The fraction of sp³-hybridized carbons (Fsp3) is 1.00. The first-order valence-corrected chi connectivity index (χ1v) is 5.56. The molecule has 1 fully saturated rings. The molecule has 0 saturated carbocycles. The Morgan fingerprint density at radius 1 is 1.46 bits per heavy atom. The molecule has 1 N–H and O–H groups in total. The number of hydrogen-bond acceptors (Lipinski definition) is 2. The van der Waals surface area contributed by atoms with Gasteiger partial charge in [-0.05, 0) is 26.2 Å². The van der Waals surface area contributed by atoms with E-state index in [0.29, 0.717) is 0 Å². The second-order valence-corrected chi connectivity index (χ2v) is 4.22. The molecule has 1 heterocycles. The van der Waals surface area contributed by atoms with Gasteiger partial charge in [0.2, 0.25) is 0 Å². The Morgan fingerprint density at radius 2 is 2.23 bits per heavy atom. The monoisotopic (exact) mass is 186 g/mol. The summed E-state index contributed by atoms with van der Waals surface area (Å²) in [7, 11) is 0. The summed E-state index contributed by atoms with van der Waals surface area (Å²) in [5.41, 5.74) is 0. The van der Waals surface area contributed by atoms with E-state index in [2.05, 4.69) is 6.92 Å². The highest BCUT2D eigenvalue weighted by Gasteiger charge is 2.32. The van der Waals surface area contributed by atoms with Crippen molar-refractivity contribution in [1.82, 2.24) is 0 Å². The van der Waals surface area contributed by atoms with Crippen molar-refractivity contribution in [3.8, 4) is 0 Å². The van der Waals surface area contributed by atoms with Gasteiger partial charge >= 0.3 is 0 Å². The van der Waals surface area contributed by atoms with Gasteiger partial charge in [-0.2, -0.15) is 0 Å². The van der Waals surface area contributed by atoms with Crippen LogP contribution in [0.5, 0.6) is 0 Å². The van der Waals surface area contributed by atoms with E-state index < -0.39 is 5.79 Å². The molecule has 2 nitrogen and oxygen atoms in total. The Balaban J connectivity index is 2.27. The molecule has 0 aromatic carbocycles. The largest absolute Gasteiger partial charge is 0.365 e. The van der Waals surface area contributed by atoms with Crippen LogP contribution in [0, 0.1) is 0 Å². The van der Waals surface area contributed by atoms with Gasteiger partial charge in [-0.1, -0.05) is 19.8 Å². The summed E-state index contributed by atoms with van der Waals surface area (Å²) in [6.07, 6.45) is 7.54. The van der Waals surface area contributed by atoms with E-state index in [1.807, 2.05) is 6.92 Å². The molecule has 0 aliphatic carbocycles. The standard InChI is InChI=1S/C11H22O2/c1-3-4-5-8-11(12)9-6-7-10(2)13-11/h10,12H,3-9H2,1-2H3. The molecule has 0 spiro atoms. The zero-order chi connectivity index (χ0) is 9.73. The van der Waals surface area contributed by atoms with E-state index in [4.69, 9.17) is 4.74 Å². The maximum atomic E-state index is 10.0. The molecule has 2 unspecified atom stereocenters. The lowest BCUT2D eigenvalue weighted by atomic mass is 9.97. The second-order valence-electron chi connectivity index (χ2n) is 4.22. The Labute approximate surface area is 81.3 Å². The summed E-state index contributed by atoms with van der Waals surface area (Å²) in [4.78, 5) is 0. The summed E-state index contributed by atoms with van der Waals surface area (Å²) in [5.74, 6) is -0.799. The number of hydrogen-bond donors (Lipinski definition) is 1. The SMILES string of the molecule is CCCCCC1(O)CCCC(C)O1. The first-order valence-electron chi connectivity index (χ1n) is 5.56. The van der Waals surface area contributed by atoms with Crippen LogP contribution < -0.4 is 0 Å². The molecule has 0 aromatic rings. The third-order valence-corrected chi connectivity index (χ3v) is 2.77. The molecule has 2 heteroatoms. The van der Waals surface area contributed by atoms with Crippen molar-refractivity contribution in [3.63, 3.8) is 0 Å². The summed E-state index contributed by atoms with van der Waals surface area (Å²) in [5, 5.41) is 10.0. The van der Waals surface area contributed by atoms with Gasteiger partial charge in [0.05, 0.1) is 6.10 Å². The van der Waals surface area contributed by atoms with Gasteiger partial charge in [-0.3, -0.25) is 0 Å². The highest BCUT2D eigenvalue weighted by Crippen LogP contribution is 2.30. The van der Waals surface area contributed by atoms with Crippen LogP contribution in [0.2, 0.25) is 0 Å². The van der Waals surface area contributed by atoms with Crippen molar-refractivity contribution in [2.24, 2.45) is 0 Å². The van der Waals surface area contributed by atoms with E-state index in [0.717, 1.165) is 32.1 Å². The van der Waals surface area contributed by atoms with Crippen molar-refractivity contribution in [1.29, 1.82) is 0 Å². The summed E-state index contributed by atoms with van der Waals surface area (Å²) in [6.45, 7) is 4.22. The molecule has 2 atom stereocenters.